The third-order valence-electron chi connectivity index (χ3n) is 2.52. The number of carbonyl (C=O) groups is 1. The van der Waals surface area contributed by atoms with E-state index in [0.717, 1.165) is 0 Å². The van der Waals surface area contributed by atoms with Gasteiger partial charge in [-0.05, 0) is 6.92 Å². The third-order valence-corrected chi connectivity index (χ3v) is 2.52. The molecule has 0 saturated heterocycles. The van der Waals surface area contributed by atoms with Crippen molar-refractivity contribution in [2.75, 3.05) is 30.4 Å². The number of rotatable bonds is 5. The molecule has 18 heavy (non-hydrogen) atoms. The van der Waals surface area contributed by atoms with Crippen molar-refractivity contribution in [3.8, 4) is 0 Å². The average Bonchev–Trinajstić information content (AvgIpc) is 2.82. The summed E-state index contributed by atoms with van der Waals surface area (Å²) in [6, 6.07) is 0. The Morgan fingerprint density at radius 2 is 2.33 bits per heavy atom. The second-order valence-corrected chi connectivity index (χ2v) is 3.70. The molecule has 1 amide bonds. The number of aromatic amines is 1. The maximum atomic E-state index is 11.1. The van der Waals surface area contributed by atoms with Crippen LogP contribution in [0.2, 0.25) is 0 Å². The van der Waals surface area contributed by atoms with Crippen molar-refractivity contribution in [1.82, 2.24) is 19.9 Å². The number of nitrogens with one attached hydrogen (secondary N) is 2. The SMILES string of the molecule is CCN(CC(N)=O)c1nc(NC)nc2nc[nH]c12. The highest BCUT2D eigenvalue weighted by molar-refractivity contribution is 5.87. The van der Waals surface area contributed by atoms with Crippen LogP contribution in [0.25, 0.3) is 11.2 Å². The fraction of sp³-hybridized carbons (Fsp3) is 0.400. The van der Waals surface area contributed by atoms with E-state index in [0.29, 0.717) is 29.5 Å². The molecule has 96 valence electrons. The lowest BCUT2D eigenvalue weighted by Crippen LogP contribution is -2.34. The number of amides is 1. The molecule has 2 rings (SSSR count). The van der Waals surface area contributed by atoms with E-state index in [1.807, 2.05) is 6.92 Å². The number of aromatic nitrogens is 4. The van der Waals surface area contributed by atoms with Gasteiger partial charge in [-0.15, -0.1) is 0 Å². The van der Waals surface area contributed by atoms with Gasteiger partial charge in [0, 0.05) is 13.6 Å². The molecule has 8 nitrogen and oxygen atoms in total. The van der Waals surface area contributed by atoms with E-state index in [9.17, 15) is 4.79 Å². The largest absolute Gasteiger partial charge is 0.368 e. The van der Waals surface area contributed by atoms with E-state index < -0.39 is 5.91 Å². The van der Waals surface area contributed by atoms with Crippen molar-refractivity contribution in [2.24, 2.45) is 5.73 Å². The van der Waals surface area contributed by atoms with E-state index in [1.165, 1.54) is 0 Å². The lowest BCUT2D eigenvalue weighted by molar-refractivity contribution is -0.116. The van der Waals surface area contributed by atoms with Crippen molar-refractivity contribution in [3.05, 3.63) is 6.33 Å². The Morgan fingerprint density at radius 1 is 1.56 bits per heavy atom. The quantitative estimate of drug-likeness (QED) is 0.671. The summed E-state index contributed by atoms with van der Waals surface area (Å²) in [5.74, 6) is 0.657. The van der Waals surface area contributed by atoms with Gasteiger partial charge < -0.3 is 20.9 Å². The molecule has 0 aliphatic heterocycles. The molecule has 0 radical (unpaired) electrons. The summed E-state index contributed by atoms with van der Waals surface area (Å²) in [7, 11) is 1.72. The number of fused-ring (bicyclic) bond motifs is 1. The van der Waals surface area contributed by atoms with Crippen molar-refractivity contribution in [3.63, 3.8) is 0 Å². The average molecular weight is 249 g/mol. The number of H-pyrrole nitrogens is 1. The highest BCUT2D eigenvalue weighted by atomic mass is 16.1. The summed E-state index contributed by atoms with van der Waals surface area (Å²) in [6.45, 7) is 2.63. The first kappa shape index (κ1) is 12.1. The van der Waals surface area contributed by atoms with Gasteiger partial charge in [-0.3, -0.25) is 4.79 Å². The minimum absolute atomic E-state index is 0.102. The number of nitrogens with zero attached hydrogens (tertiary/aromatic N) is 4. The first-order valence-electron chi connectivity index (χ1n) is 5.57. The molecule has 0 aromatic carbocycles. The summed E-state index contributed by atoms with van der Waals surface area (Å²) in [4.78, 5) is 28.4. The number of anilines is 2. The highest BCUT2D eigenvalue weighted by Gasteiger charge is 2.16. The molecule has 0 atom stereocenters. The van der Waals surface area contributed by atoms with Crippen LogP contribution in [0.3, 0.4) is 0 Å². The molecule has 0 unspecified atom stereocenters. The van der Waals surface area contributed by atoms with Crippen LogP contribution in [0.5, 0.6) is 0 Å². The number of hydrogen-bond donors (Lipinski definition) is 3. The first-order chi connectivity index (χ1) is 8.65. The molecule has 0 spiro atoms. The molecule has 2 aromatic heterocycles. The molecular formula is C10H15N7O. The van der Waals surface area contributed by atoms with Gasteiger partial charge in [0.05, 0.1) is 12.9 Å². The number of imidazole rings is 1. The topological polar surface area (TPSA) is 113 Å². The van der Waals surface area contributed by atoms with Crippen LogP contribution in [0.4, 0.5) is 11.8 Å². The normalized spacial score (nSPS) is 10.6. The van der Waals surface area contributed by atoms with Crippen molar-refractivity contribution >= 4 is 28.8 Å². The van der Waals surface area contributed by atoms with E-state index in [-0.39, 0.29) is 6.54 Å². The van der Waals surface area contributed by atoms with Gasteiger partial charge >= 0.3 is 0 Å². The minimum Gasteiger partial charge on any atom is -0.368 e. The molecule has 4 N–H and O–H groups in total. The smallest absolute Gasteiger partial charge is 0.236 e. The predicted molar refractivity (Wildman–Crippen MR) is 68.3 cm³/mol. The second-order valence-electron chi connectivity index (χ2n) is 3.70. The zero-order chi connectivity index (χ0) is 13.1. The number of hydrogen-bond acceptors (Lipinski definition) is 6. The molecule has 0 aliphatic rings. The van der Waals surface area contributed by atoms with Gasteiger partial charge in [-0.1, -0.05) is 0 Å². The van der Waals surface area contributed by atoms with Gasteiger partial charge in [0.15, 0.2) is 11.5 Å². The van der Waals surface area contributed by atoms with Crippen LogP contribution in [0.15, 0.2) is 6.33 Å². The summed E-state index contributed by atoms with van der Waals surface area (Å²) < 4.78 is 0. The van der Waals surface area contributed by atoms with Crippen molar-refractivity contribution in [1.29, 1.82) is 0 Å². The zero-order valence-electron chi connectivity index (χ0n) is 10.3. The van der Waals surface area contributed by atoms with Gasteiger partial charge in [0.1, 0.15) is 5.52 Å². The first-order valence-corrected chi connectivity index (χ1v) is 5.57. The van der Waals surface area contributed by atoms with Gasteiger partial charge in [0.2, 0.25) is 11.9 Å². The summed E-state index contributed by atoms with van der Waals surface area (Å²) in [5.41, 5.74) is 6.47. The molecule has 2 aromatic rings. The monoisotopic (exact) mass is 249 g/mol. The minimum atomic E-state index is -0.408. The van der Waals surface area contributed by atoms with Crippen LogP contribution in [-0.4, -0.2) is 46.0 Å². The second kappa shape index (κ2) is 4.86. The van der Waals surface area contributed by atoms with E-state index >= 15 is 0 Å². The Balaban J connectivity index is 2.52. The Labute approximate surface area is 104 Å². The predicted octanol–water partition coefficient (Wildman–Crippen LogP) is -0.294. The Morgan fingerprint density at radius 3 is 2.94 bits per heavy atom. The maximum absolute atomic E-state index is 11.1. The van der Waals surface area contributed by atoms with Crippen molar-refractivity contribution in [2.45, 2.75) is 6.92 Å². The van der Waals surface area contributed by atoms with Gasteiger partial charge in [-0.25, -0.2) is 4.98 Å². The van der Waals surface area contributed by atoms with Crippen LogP contribution >= 0.6 is 0 Å². The molecule has 0 fully saturated rings. The van der Waals surface area contributed by atoms with E-state index in [2.05, 4.69) is 25.3 Å². The molecule has 0 bridgehead atoms. The molecule has 8 heteroatoms. The van der Waals surface area contributed by atoms with Crippen LogP contribution < -0.4 is 16.0 Å². The van der Waals surface area contributed by atoms with Crippen LogP contribution in [0, 0.1) is 0 Å². The Hall–Kier alpha value is -2.38. The van der Waals surface area contributed by atoms with Crippen molar-refractivity contribution < 1.29 is 4.79 Å². The third kappa shape index (κ3) is 2.17. The van der Waals surface area contributed by atoms with E-state index in [1.54, 1.807) is 18.3 Å². The number of likely N-dealkylation sites (N-methyl/N-ethyl adjacent to an activating group) is 1. The Kier molecular flexibility index (Phi) is 3.26. The highest BCUT2D eigenvalue weighted by Crippen LogP contribution is 2.22. The van der Waals surface area contributed by atoms with Gasteiger partial charge in [-0.2, -0.15) is 9.97 Å². The zero-order valence-corrected chi connectivity index (χ0v) is 10.3. The molecule has 0 aliphatic carbocycles. The maximum Gasteiger partial charge on any atom is 0.236 e. The standard InChI is InChI=1S/C10H15N7O/c1-3-17(4-6(11)18)9-7-8(14-5-13-7)15-10(12-2)16-9/h5H,3-4H2,1-2H3,(H2,11,18)(H2,12,13,14,15,16). The molecular weight excluding hydrogens is 234 g/mol. The fourth-order valence-electron chi connectivity index (χ4n) is 1.68. The number of carbonyl (C=O) groups excluding carboxylic acids is 1. The summed E-state index contributed by atoms with van der Waals surface area (Å²) in [6.07, 6.45) is 1.54. The fourth-order valence-corrected chi connectivity index (χ4v) is 1.68. The van der Waals surface area contributed by atoms with E-state index in [4.69, 9.17) is 5.73 Å². The number of primary amides is 1. The van der Waals surface area contributed by atoms with Gasteiger partial charge in [0.25, 0.3) is 0 Å². The summed E-state index contributed by atoms with van der Waals surface area (Å²) >= 11 is 0. The molecule has 2 heterocycles. The lowest BCUT2D eigenvalue weighted by Gasteiger charge is -2.20. The molecule has 0 saturated carbocycles. The summed E-state index contributed by atoms with van der Waals surface area (Å²) in [5, 5.41) is 2.86. The van der Waals surface area contributed by atoms with Crippen LogP contribution in [-0.2, 0) is 4.79 Å². The number of nitrogens with two attached hydrogens (primary N) is 1. The lowest BCUT2D eigenvalue weighted by atomic mass is 10.4. The van der Waals surface area contributed by atoms with Crippen LogP contribution in [0.1, 0.15) is 6.92 Å². The Bertz CT molecular complexity index is 564.